The molecule has 4 nitrogen and oxygen atoms in total. The van der Waals surface area contributed by atoms with Crippen molar-refractivity contribution >= 4 is 11.2 Å². The number of aryl methyl sites for hydroxylation is 1. The first kappa shape index (κ1) is 14.5. The van der Waals surface area contributed by atoms with E-state index in [2.05, 4.69) is 35.1 Å². The Hall–Kier alpha value is -3.14. The van der Waals surface area contributed by atoms with Gasteiger partial charge in [0.15, 0.2) is 0 Å². The van der Waals surface area contributed by atoms with Crippen LogP contribution in [0.1, 0.15) is 11.1 Å². The first-order valence-electron chi connectivity index (χ1n) is 7.79. The van der Waals surface area contributed by atoms with Crippen LogP contribution >= 0.6 is 0 Å². The van der Waals surface area contributed by atoms with Gasteiger partial charge in [-0.3, -0.25) is 0 Å². The van der Waals surface area contributed by atoms with E-state index in [9.17, 15) is 0 Å². The van der Waals surface area contributed by atoms with Crippen molar-refractivity contribution in [2.45, 2.75) is 13.5 Å². The summed E-state index contributed by atoms with van der Waals surface area (Å²) in [7, 11) is 0. The van der Waals surface area contributed by atoms with Crippen molar-refractivity contribution in [1.29, 1.82) is 0 Å². The number of aromatic nitrogens is 2. The number of rotatable bonds is 4. The summed E-state index contributed by atoms with van der Waals surface area (Å²) in [5.41, 5.74) is 4.43. The van der Waals surface area contributed by atoms with Gasteiger partial charge in [0.1, 0.15) is 17.9 Å². The van der Waals surface area contributed by atoms with Gasteiger partial charge in [0.25, 0.3) is 0 Å². The molecule has 0 bridgehead atoms. The number of para-hydroxylation sites is 1. The molecule has 4 rings (SSSR count). The second-order valence-corrected chi connectivity index (χ2v) is 5.62. The summed E-state index contributed by atoms with van der Waals surface area (Å²) < 4.78 is 11.8. The average Bonchev–Trinajstić information content (AvgIpc) is 3.04. The molecule has 0 spiro atoms. The zero-order valence-corrected chi connectivity index (χ0v) is 13.3. The lowest BCUT2D eigenvalue weighted by Crippen LogP contribution is -1.97. The number of nitrogens with zero attached hydrogens (tertiary/aromatic N) is 2. The van der Waals surface area contributed by atoms with E-state index in [0.717, 1.165) is 22.4 Å². The molecule has 2 aromatic carbocycles. The van der Waals surface area contributed by atoms with Crippen LogP contribution in [-0.2, 0) is 6.61 Å². The lowest BCUT2D eigenvalue weighted by atomic mass is 10.1. The number of fused-ring (bicyclic) bond motifs is 1. The largest absolute Gasteiger partial charge is 0.488 e. The third-order valence-corrected chi connectivity index (χ3v) is 3.76. The highest BCUT2D eigenvalue weighted by atomic mass is 16.5. The minimum atomic E-state index is 0.497. The summed E-state index contributed by atoms with van der Waals surface area (Å²) in [5.74, 6) is 1.26. The quantitative estimate of drug-likeness (QED) is 0.544. The predicted molar refractivity (Wildman–Crippen MR) is 92.8 cm³/mol. The Morgan fingerprint density at radius 1 is 1.00 bits per heavy atom. The molecule has 0 fully saturated rings. The average molecular weight is 316 g/mol. The fourth-order valence-corrected chi connectivity index (χ4v) is 2.62. The number of ether oxygens (including phenoxy) is 1. The minimum absolute atomic E-state index is 0.497. The van der Waals surface area contributed by atoms with E-state index in [4.69, 9.17) is 9.15 Å². The normalized spacial score (nSPS) is 10.9. The molecule has 0 atom stereocenters. The molecule has 118 valence electrons. The van der Waals surface area contributed by atoms with Gasteiger partial charge in [0.2, 0.25) is 11.6 Å². The van der Waals surface area contributed by atoms with Crippen LogP contribution in [0.25, 0.3) is 22.7 Å². The highest BCUT2D eigenvalue weighted by Crippen LogP contribution is 2.31. The summed E-state index contributed by atoms with van der Waals surface area (Å²) in [6.45, 7) is 2.57. The van der Waals surface area contributed by atoms with Crippen LogP contribution in [0, 0.1) is 6.92 Å². The second kappa shape index (κ2) is 6.16. The van der Waals surface area contributed by atoms with Crippen LogP contribution in [0.5, 0.6) is 5.75 Å². The van der Waals surface area contributed by atoms with Crippen molar-refractivity contribution in [3.05, 3.63) is 78.0 Å². The van der Waals surface area contributed by atoms with Gasteiger partial charge >= 0.3 is 0 Å². The lowest BCUT2D eigenvalue weighted by molar-refractivity contribution is 0.306. The van der Waals surface area contributed by atoms with Gasteiger partial charge in [-0.1, -0.05) is 42.0 Å². The highest BCUT2D eigenvalue weighted by Gasteiger charge is 2.13. The summed E-state index contributed by atoms with van der Waals surface area (Å²) in [6, 6.07) is 19.7. The third kappa shape index (κ3) is 2.86. The minimum Gasteiger partial charge on any atom is -0.488 e. The van der Waals surface area contributed by atoms with Crippen LogP contribution in [0.15, 0.2) is 71.3 Å². The lowest BCUT2D eigenvalue weighted by Gasteiger charge is -2.09. The van der Waals surface area contributed by atoms with E-state index < -0.39 is 0 Å². The Bertz CT molecular complexity index is 959. The number of hydrogen-bond acceptors (Lipinski definition) is 4. The van der Waals surface area contributed by atoms with E-state index in [0.29, 0.717) is 18.2 Å². The molecule has 4 aromatic rings. The van der Waals surface area contributed by atoms with Gasteiger partial charge in [-0.2, -0.15) is 0 Å². The SMILES string of the molecule is Cc1cccc(COc2ccccc2-c2nc3cccnc3o2)c1. The van der Waals surface area contributed by atoms with Crippen molar-refractivity contribution in [2.24, 2.45) is 0 Å². The molecule has 2 heterocycles. The van der Waals surface area contributed by atoms with Gasteiger partial charge < -0.3 is 9.15 Å². The van der Waals surface area contributed by atoms with E-state index in [1.54, 1.807) is 6.20 Å². The van der Waals surface area contributed by atoms with Gasteiger partial charge in [-0.05, 0) is 36.8 Å². The van der Waals surface area contributed by atoms with E-state index in [1.807, 2.05) is 42.5 Å². The smallest absolute Gasteiger partial charge is 0.247 e. The first-order valence-corrected chi connectivity index (χ1v) is 7.79. The zero-order chi connectivity index (χ0) is 16.4. The van der Waals surface area contributed by atoms with Crippen molar-refractivity contribution in [3.63, 3.8) is 0 Å². The van der Waals surface area contributed by atoms with Gasteiger partial charge in [-0.15, -0.1) is 0 Å². The second-order valence-electron chi connectivity index (χ2n) is 5.62. The topological polar surface area (TPSA) is 48.2 Å². The molecule has 0 radical (unpaired) electrons. The van der Waals surface area contributed by atoms with Crippen molar-refractivity contribution in [2.75, 3.05) is 0 Å². The molecule has 0 aliphatic heterocycles. The first-order chi connectivity index (χ1) is 11.8. The van der Waals surface area contributed by atoms with Crippen molar-refractivity contribution in [1.82, 2.24) is 9.97 Å². The molecule has 0 amide bonds. The molecule has 0 aliphatic rings. The Morgan fingerprint density at radius 3 is 2.79 bits per heavy atom. The van der Waals surface area contributed by atoms with Crippen LogP contribution < -0.4 is 4.74 Å². The van der Waals surface area contributed by atoms with E-state index in [1.165, 1.54) is 5.56 Å². The van der Waals surface area contributed by atoms with Gasteiger partial charge in [0.05, 0.1) is 5.56 Å². The fourth-order valence-electron chi connectivity index (χ4n) is 2.62. The Morgan fingerprint density at radius 2 is 1.92 bits per heavy atom. The van der Waals surface area contributed by atoms with Gasteiger partial charge in [0, 0.05) is 6.20 Å². The van der Waals surface area contributed by atoms with Crippen LogP contribution in [-0.4, -0.2) is 9.97 Å². The molecule has 0 saturated carbocycles. The number of benzene rings is 2. The molecule has 0 saturated heterocycles. The molecule has 0 unspecified atom stereocenters. The van der Waals surface area contributed by atoms with Crippen LogP contribution in [0.3, 0.4) is 0 Å². The molecular formula is C20H16N2O2. The van der Waals surface area contributed by atoms with E-state index in [-0.39, 0.29) is 0 Å². The molecular weight excluding hydrogens is 300 g/mol. The van der Waals surface area contributed by atoms with Crippen LogP contribution in [0.4, 0.5) is 0 Å². The summed E-state index contributed by atoms with van der Waals surface area (Å²) in [6.07, 6.45) is 1.69. The Balaban J connectivity index is 1.65. The zero-order valence-electron chi connectivity index (χ0n) is 13.3. The molecule has 24 heavy (non-hydrogen) atoms. The highest BCUT2D eigenvalue weighted by molar-refractivity contribution is 5.74. The summed E-state index contributed by atoms with van der Waals surface area (Å²) in [5, 5.41) is 0. The summed E-state index contributed by atoms with van der Waals surface area (Å²) in [4.78, 5) is 8.69. The molecule has 0 N–H and O–H groups in total. The fraction of sp³-hybridized carbons (Fsp3) is 0.100. The Kier molecular flexibility index (Phi) is 3.71. The van der Waals surface area contributed by atoms with E-state index >= 15 is 0 Å². The third-order valence-electron chi connectivity index (χ3n) is 3.76. The maximum atomic E-state index is 6.01. The maximum Gasteiger partial charge on any atom is 0.247 e. The van der Waals surface area contributed by atoms with Crippen molar-refractivity contribution in [3.8, 4) is 17.2 Å². The monoisotopic (exact) mass is 316 g/mol. The Labute approximate surface area is 139 Å². The van der Waals surface area contributed by atoms with Crippen molar-refractivity contribution < 1.29 is 9.15 Å². The molecule has 4 heteroatoms. The standard InChI is InChI=1S/C20H16N2O2/c1-14-6-4-7-15(12-14)13-23-18-10-3-2-8-16(18)19-22-17-9-5-11-21-20(17)24-19/h2-12H,13H2,1H3. The predicted octanol–water partition coefficient (Wildman–Crippen LogP) is 4.78. The molecule has 2 aromatic heterocycles. The van der Waals surface area contributed by atoms with Gasteiger partial charge in [-0.25, -0.2) is 9.97 Å². The number of oxazole rings is 1. The molecule has 0 aliphatic carbocycles. The number of pyridine rings is 1. The van der Waals surface area contributed by atoms with Crippen LogP contribution in [0.2, 0.25) is 0 Å². The number of hydrogen-bond donors (Lipinski definition) is 0. The summed E-state index contributed by atoms with van der Waals surface area (Å²) >= 11 is 0. The maximum absolute atomic E-state index is 6.01.